The van der Waals surface area contributed by atoms with Crippen LogP contribution in [0, 0.1) is 6.92 Å². The Morgan fingerprint density at radius 2 is 2.27 bits per heavy atom. The first-order valence-electron chi connectivity index (χ1n) is 7.38. The lowest BCUT2D eigenvalue weighted by molar-refractivity contribution is 0.0709. The lowest BCUT2D eigenvalue weighted by atomic mass is 10.1. The van der Waals surface area contributed by atoms with Crippen molar-refractivity contribution in [1.29, 1.82) is 0 Å². The molecule has 22 heavy (non-hydrogen) atoms. The molecule has 3 heterocycles. The minimum atomic E-state index is 0.123. The topological polar surface area (TPSA) is 67.5 Å². The standard InChI is InChI=1S/C15H21N5O2/c1-11-17-15(22-18-11)13-10-20(8-7-19(13)2)9-12-5-4-6-16-14(12)21-3/h4-6,13H,7-10H2,1-3H3/t13-/m1/s1. The van der Waals surface area contributed by atoms with Crippen LogP contribution >= 0.6 is 0 Å². The first kappa shape index (κ1) is 14.9. The molecule has 2 aromatic rings. The number of methoxy groups -OCH3 is 1. The summed E-state index contributed by atoms with van der Waals surface area (Å²) in [7, 11) is 3.74. The molecule has 0 spiro atoms. The third-order valence-corrected chi connectivity index (χ3v) is 4.00. The van der Waals surface area contributed by atoms with E-state index in [2.05, 4.69) is 38.0 Å². The van der Waals surface area contributed by atoms with Gasteiger partial charge in [0.2, 0.25) is 11.8 Å². The second kappa shape index (κ2) is 6.41. The maximum atomic E-state index is 5.35. The van der Waals surface area contributed by atoms with Gasteiger partial charge in [0.15, 0.2) is 5.82 Å². The van der Waals surface area contributed by atoms with E-state index in [9.17, 15) is 0 Å². The molecule has 2 aromatic heterocycles. The Hall–Kier alpha value is -1.99. The van der Waals surface area contributed by atoms with Crippen molar-refractivity contribution in [2.75, 3.05) is 33.8 Å². The number of hydrogen-bond acceptors (Lipinski definition) is 7. The average molecular weight is 303 g/mol. The van der Waals surface area contributed by atoms with Gasteiger partial charge in [-0.1, -0.05) is 11.2 Å². The minimum absolute atomic E-state index is 0.123. The van der Waals surface area contributed by atoms with Crippen LogP contribution in [0.25, 0.3) is 0 Å². The lowest BCUT2D eigenvalue weighted by Gasteiger charge is -2.37. The van der Waals surface area contributed by atoms with Crippen molar-refractivity contribution in [3.63, 3.8) is 0 Å². The molecule has 118 valence electrons. The van der Waals surface area contributed by atoms with Gasteiger partial charge >= 0.3 is 0 Å². The van der Waals surface area contributed by atoms with Crippen LogP contribution in [0.2, 0.25) is 0 Å². The van der Waals surface area contributed by atoms with Crippen molar-refractivity contribution in [2.24, 2.45) is 0 Å². The SMILES string of the molecule is COc1ncccc1CN1CCN(C)[C@@H](c2nc(C)no2)C1. The second-order valence-corrected chi connectivity index (χ2v) is 5.58. The van der Waals surface area contributed by atoms with Gasteiger partial charge in [0.25, 0.3) is 0 Å². The van der Waals surface area contributed by atoms with Gasteiger partial charge in [0, 0.05) is 37.9 Å². The lowest BCUT2D eigenvalue weighted by Crippen LogP contribution is -2.46. The first-order chi connectivity index (χ1) is 10.7. The maximum absolute atomic E-state index is 5.35. The predicted molar refractivity (Wildman–Crippen MR) is 80.5 cm³/mol. The zero-order chi connectivity index (χ0) is 15.5. The number of likely N-dealkylation sites (N-methyl/N-ethyl adjacent to an activating group) is 1. The molecule has 1 atom stereocenters. The smallest absolute Gasteiger partial charge is 0.245 e. The third kappa shape index (κ3) is 3.10. The Labute approximate surface area is 129 Å². The quantitative estimate of drug-likeness (QED) is 0.842. The molecule has 0 aliphatic carbocycles. The molecule has 0 bridgehead atoms. The number of aryl methyl sites for hydroxylation is 1. The molecule has 7 heteroatoms. The Morgan fingerprint density at radius 3 is 3.00 bits per heavy atom. The summed E-state index contributed by atoms with van der Waals surface area (Å²) >= 11 is 0. The normalized spacial score (nSPS) is 20.2. The van der Waals surface area contributed by atoms with Crippen LogP contribution < -0.4 is 4.74 Å². The zero-order valence-electron chi connectivity index (χ0n) is 13.2. The van der Waals surface area contributed by atoms with E-state index in [-0.39, 0.29) is 6.04 Å². The summed E-state index contributed by atoms with van der Waals surface area (Å²) in [6.45, 7) is 5.42. The number of pyridine rings is 1. The first-order valence-corrected chi connectivity index (χ1v) is 7.38. The Kier molecular flexibility index (Phi) is 4.35. The van der Waals surface area contributed by atoms with E-state index in [1.165, 1.54) is 0 Å². The molecule has 1 aliphatic rings. The largest absolute Gasteiger partial charge is 0.481 e. The van der Waals surface area contributed by atoms with E-state index >= 15 is 0 Å². The molecule has 1 aliphatic heterocycles. The molecule has 1 saturated heterocycles. The highest BCUT2D eigenvalue weighted by Crippen LogP contribution is 2.25. The van der Waals surface area contributed by atoms with Crippen LogP contribution in [-0.2, 0) is 6.54 Å². The van der Waals surface area contributed by atoms with Crippen LogP contribution in [0.5, 0.6) is 5.88 Å². The summed E-state index contributed by atoms with van der Waals surface area (Å²) in [6, 6.07) is 4.11. The number of nitrogens with zero attached hydrogens (tertiary/aromatic N) is 5. The Balaban J connectivity index is 1.73. The monoisotopic (exact) mass is 303 g/mol. The van der Waals surface area contributed by atoms with Crippen LogP contribution in [0.4, 0.5) is 0 Å². The molecule has 0 amide bonds. The van der Waals surface area contributed by atoms with Crippen molar-refractivity contribution < 1.29 is 9.26 Å². The van der Waals surface area contributed by atoms with Gasteiger partial charge in [-0.2, -0.15) is 4.98 Å². The predicted octanol–water partition coefficient (Wildman–Crippen LogP) is 1.27. The van der Waals surface area contributed by atoms with Gasteiger partial charge in [-0.25, -0.2) is 4.98 Å². The van der Waals surface area contributed by atoms with Crippen molar-refractivity contribution in [3.8, 4) is 5.88 Å². The molecular weight excluding hydrogens is 282 g/mol. The van der Waals surface area contributed by atoms with Crippen LogP contribution in [0.15, 0.2) is 22.9 Å². The summed E-state index contributed by atoms with van der Waals surface area (Å²) in [5, 5.41) is 3.90. The van der Waals surface area contributed by atoms with Gasteiger partial charge in [-0.15, -0.1) is 0 Å². The maximum Gasteiger partial charge on any atom is 0.245 e. The number of piperazine rings is 1. The molecule has 0 saturated carbocycles. The highest BCUT2D eigenvalue weighted by molar-refractivity contribution is 5.25. The number of hydrogen-bond donors (Lipinski definition) is 0. The van der Waals surface area contributed by atoms with Crippen molar-refractivity contribution in [3.05, 3.63) is 35.6 Å². The highest BCUT2D eigenvalue weighted by atomic mass is 16.5. The Morgan fingerprint density at radius 1 is 1.41 bits per heavy atom. The van der Waals surface area contributed by atoms with Crippen molar-refractivity contribution >= 4 is 0 Å². The molecule has 0 radical (unpaired) electrons. The van der Waals surface area contributed by atoms with Crippen molar-refractivity contribution in [2.45, 2.75) is 19.5 Å². The summed E-state index contributed by atoms with van der Waals surface area (Å²) in [5.41, 5.74) is 1.09. The van der Waals surface area contributed by atoms with Crippen molar-refractivity contribution in [1.82, 2.24) is 24.9 Å². The van der Waals surface area contributed by atoms with Crippen LogP contribution in [0.3, 0.4) is 0 Å². The van der Waals surface area contributed by atoms with E-state index in [0.717, 1.165) is 31.7 Å². The van der Waals surface area contributed by atoms with Crippen LogP contribution in [-0.4, -0.2) is 58.7 Å². The fourth-order valence-corrected chi connectivity index (χ4v) is 2.76. The molecule has 1 fully saturated rings. The molecular formula is C15H21N5O2. The minimum Gasteiger partial charge on any atom is -0.481 e. The van der Waals surface area contributed by atoms with E-state index in [0.29, 0.717) is 17.6 Å². The van der Waals surface area contributed by atoms with Crippen LogP contribution in [0.1, 0.15) is 23.3 Å². The highest BCUT2D eigenvalue weighted by Gasteiger charge is 2.30. The summed E-state index contributed by atoms with van der Waals surface area (Å²) in [5.74, 6) is 2.05. The van der Waals surface area contributed by atoms with Gasteiger partial charge in [0.1, 0.15) is 6.04 Å². The fraction of sp³-hybridized carbons (Fsp3) is 0.533. The van der Waals surface area contributed by atoms with E-state index < -0.39 is 0 Å². The Bertz CT molecular complexity index is 630. The van der Waals surface area contributed by atoms with Gasteiger partial charge in [-0.05, 0) is 20.0 Å². The van der Waals surface area contributed by atoms with E-state index in [4.69, 9.17) is 9.26 Å². The third-order valence-electron chi connectivity index (χ3n) is 4.00. The number of rotatable bonds is 4. The van der Waals surface area contributed by atoms with Gasteiger partial charge in [0.05, 0.1) is 7.11 Å². The molecule has 0 aromatic carbocycles. The summed E-state index contributed by atoms with van der Waals surface area (Å²) in [6.07, 6.45) is 1.75. The summed E-state index contributed by atoms with van der Waals surface area (Å²) < 4.78 is 10.7. The number of ether oxygens (including phenoxy) is 1. The molecule has 3 rings (SSSR count). The van der Waals surface area contributed by atoms with E-state index in [1.807, 2.05) is 13.0 Å². The summed E-state index contributed by atoms with van der Waals surface area (Å²) in [4.78, 5) is 13.3. The molecule has 0 unspecified atom stereocenters. The fourth-order valence-electron chi connectivity index (χ4n) is 2.76. The van der Waals surface area contributed by atoms with E-state index in [1.54, 1.807) is 13.3 Å². The second-order valence-electron chi connectivity index (χ2n) is 5.58. The number of aromatic nitrogens is 3. The van der Waals surface area contributed by atoms with Gasteiger partial charge < -0.3 is 9.26 Å². The average Bonchev–Trinajstić information content (AvgIpc) is 2.96. The van der Waals surface area contributed by atoms with Gasteiger partial charge in [-0.3, -0.25) is 9.80 Å². The molecule has 7 nitrogen and oxygen atoms in total. The zero-order valence-corrected chi connectivity index (χ0v) is 13.2. The molecule has 0 N–H and O–H groups in total.